The van der Waals surface area contributed by atoms with E-state index in [1.165, 1.54) is 11.3 Å². The second kappa shape index (κ2) is 4.89. The third kappa shape index (κ3) is 2.78. The third-order valence-electron chi connectivity index (χ3n) is 2.14. The van der Waals surface area contributed by atoms with Crippen LogP contribution < -0.4 is 0 Å². The van der Waals surface area contributed by atoms with Crippen LogP contribution in [-0.2, 0) is 15.1 Å². The van der Waals surface area contributed by atoms with Crippen LogP contribution in [0.1, 0.15) is 18.2 Å². The van der Waals surface area contributed by atoms with Crippen molar-refractivity contribution in [3.05, 3.63) is 22.4 Å². The second-order valence-corrected chi connectivity index (χ2v) is 4.30. The maximum absolute atomic E-state index is 10.2. The van der Waals surface area contributed by atoms with Gasteiger partial charge in [-0.1, -0.05) is 6.07 Å². The topological polar surface area (TPSA) is 38.7 Å². The summed E-state index contributed by atoms with van der Waals surface area (Å²) < 4.78 is 10.1. The first kappa shape index (κ1) is 11.7. The van der Waals surface area contributed by atoms with Gasteiger partial charge in [-0.15, -0.1) is 11.3 Å². The van der Waals surface area contributed by atoms with Crippen LogP contribution in [0.5, 0.6) is 0 Å². The van der Waals surface area contributed by atoms with Crippen LogP contribution in [0.15, 0.2) is 17.5 Å². The zero-order valence-corrected chi connectivity index (χ0v) is 9.50. The fourth-order valence-electron chi connectivity index (χ4n) is 1.27. The summed E-state index contributed by atoms with van der Waals surface area (Å²) in [6.07, 6.45) is 0.0626. The standard InChI is InChI=1S/C10H16O3S/c1-10(11,7-9(12-2)13-3)8-5-4-6-14-8/h4-6,9,11H,7H2,1-3H3. The van der Waals surface area contributed by atoms with E-state index in [0.717, 1.165) is 4.88 Å². The summed E-state index contributed by atoms with van der Waals surface area (Å²) in [5.41, 5.74) is -0.884. The molecule has 0 bridgehead atoms. The highest BCUT2D eigenvalue weighted by atomic mass is 32.1. The Kier molecular flexibility index (Phi) is 4.07. The Morgan fingerprint density at radius 1 is 1.50 bits per heavy atom. The molecule has 0 aliphatic rings. The smallest absolute Gasteiger partial charge is 0.159 e. The average molecular weight is 216 g/mol. The van der Waals surface area contributed by atoms with E-state index in [-0.39, 0.29) is 6.29 Å². The van der Waals surface area contributed by atoms with Crippen LogP contribution in [0.4, 0.5) is 0 Å². The van der Waals surface area contributed by atoms with Gasteiger partial charge in [-0.3, -0.25) is 0 Å². The van der Waals surface area contributed by atoms with Crippen molar-refractivity contribution in [2.24, 2.45) is 0 Å². The van der Waals surface area contributed by atoms with Gasteiger partial charge in [0.2, 0.25) is 0 Å². The molecule has 1 rings (SSSR count). The number of rotatable bonds is 5. The van der Waals surface area contributed by atoms with Gasteiger partial charge in [0.1, 0.15) is 5.60 Å². The van der Waals surface area contributed by atoms with E-state index in [2.05, 4.69) is 0 Å². The molecule has 0 aliphatic heterocycles. The highest BCUT2D eigenvalue weighted by Crippen LogP contribution is 2.30. The molecule has 1 unspecified atom stereocenters. The van der Waals surface area contributed by atoms with E-state index in [1.807, 2.05) is 17.5 Å². The van der Waals surface area contributed by atoms with Gasteiger partial charge < -0.3 is 14.6 Å². The predicted octanol–water partition coefficient (Wildman–Crippen LogP) is 1.96. The number of aliphatic hydroxyl groups is 1. The van der Waals surface area contributed by atoms with Crippen LogP contribution in [0, 0.1) is 0 Å². The van der Waals surface area contributed by atoms with Crippen LogP contribution in [-0.4, -0.2) is 25.6 Å². The fourth-order valence-corrected chi connectivity index (χ4v) is 2.07. The number of hydrogen-bond donors (Lipinski definition) is 1. The van der Waals surface area contributed by atoms with E-state index in [9.17, 15) is 5.11 Å². The van der Waals surface area contributed by atoms with Gasteiger partial charge in [-0.25, -0.2) is 0 Å². The summed E-state index contributed by atoms with van der Waals surface area (Å²) in [5, 5.41) is 12.1. The lowest BCUT2D eigenvalue weighted by Gasteiger charge is -2.25. The molecule has 4 heteroatoms. The molecule has 0 amide bonds. The van der Waals surface area contributed by atoms with Crippen molar-refractivity contribution in [2.45, 2.75) is 25.2 Å². The molecule has 0 radical (unpaired) electrons. The molecule has 1 aromatic heterocycles. The van der Waals surface area contributed by atoms with Gasteiger partial charge in [0, 0.05) is 25.5 Å². The Morgan fingerprint density at radius 3 is 2.57 bits per heavy atom. The number of hydrogen-bond acceptors (Lipinski definition) is 4. The number of ether oxygens (including phenoxy) is 2. The highest BCUT2D eigenvalue weighted by molar-refractivity contribution is 7.10. The number of methoxy groups -OCH3 is 2. The van der Waals surface area contributed by atoms with E-state index in [1.54, 1.807) is 21.1 Å². The maximum Gasteiger partial charge on any atom is 0.159 e. The molecular weight excluding hydrogens is 200 g/mol. The fraction of sp³-hybridized carbons (Fsp3) is 0.600. The summed E-state index contributed by atoms with van der Waals surface area (Å²) in [5.74, 6) is 0. The summed E-state index contributed by atoms with van der Waals surface area (Å²) in [6, 6.07) is 3.83. The quantitative estimate of drug-likeness (QED) is 0.765. The lowest BCUT2D eigenvalue weighted by molar-refractivity contribution is -0.141. The van der Waals surface area contributed by atoms with Gasteiger partial charge in [0.15, 0.2) is 6.29 Å². The SMILES string of the molecule is COC(CC(C)(O)c1cccs1)OC. The Balaban J connectivity index is 2.66. The van der Waals surface area contributed by atoms with Crippen molar-refractivity contribution in [1.82, 2.24) is 0 Å². The van der Waals surface area contributed by atoms with Crippen LogP contribution in [0.3, 0.4) is 0 Å². The zero-order chi connectivity index (χ0) is 10.6. The summed E-state index contributed by atoms with van der Waals surface area (Å²) in [6.45, 7) is 1.77. The van der Waals surface area contributed by atoms with E-state index < -0.39 is 5.60 Å². The Labute approximate surface area is 88.3 Å². The van der Waals surface area contributed by atoms with Crippen LogP contribution >= 0.6 is 11.3 Å². The minimum atomic E-state index is -0.884. The Bertz CT molecular complexity index is 252. The van der Waals surface area contributed by atoms with Gasteiger partial charge >= 0.3 is 0 Å². The third-order valence-corrected chi connectivity index (χ3v) is 3.26. The Morgan fingerprint density at radius 2 is 2.14 bits per heavy atom. The second-order valence-electron chi connectivity index (χ2n) is 3.36. The largest absolute Gasteiger partial charge is 0.384 e. The first-order valence-corrected chi connectivity index (χ1v) is 5.30. The van der Waals surface area contributed by atoms with Crippen molar-refractivity contribution >= 4 is 11.3 Å². The molecule has 1 N–H and O–H groups in total. The zero-order valence-electron chi connectivity index (χ0n) is 8.69. The first-order chi connectivity index (χ1) is 6.60. The van der Waals surface area contributed by atoms with Gasteiger partial charge in [0.05, 0.1) is 0 Å². The lowest BCUT2D eigenvalue weighted by Crippen LogP contribution is -2.28. The molecule has 14 heavy (non-hydrogen) atoms. The summed E-state index contributed by atoms with van der Waals surface area (Å²) >= 11 is 1.53. The monoisotopic (exact) mass is 216 g/mol. The van der Waals surface area contributed by atoms with Gasteiger partial charge in [0.25, 0.3) is 0 Å². The van der Waals surface area contributed by atoms with Crippen molar-refractivity contribution < 1.29 is 14.6 Å². The molecule has 0 aromatic carbocycles. The van der Waals surface area contributed by atoms with Gasteiger partial charge in [-0.05, 0) is 18.4 Å². The van der Waals surface area contributed by atoms with Crippen LogP contribution in [0.2, 0.25) is 0 Å². The minimum absolute atomic E-state index is 0.368. The predicted molar refractivity (Wildman–Crippen MR) is 56.3 cm³/mol. The highest BCUT2D eigenvalue weighted by Gasteiger charge is 2.28. The molecular formula is C10H16O3S. The molecule has 0 spiro atoms. The van der Waals surface area contributed by atoms with Gasteiger partial charge in [-0.2, -0.15) is 0 Å². The first-order valence-electron chi connectivity index (χ1n) is 4.42. The molecule has 1 aromatic rings. The number of thiophene rings is 1. The van der Waals surface area contributed by atoms with Crippen molar-refractivity contribution in [2.75, 3.05) is 14.2 Å². The molecule has 0 aliphatic carbocycles. The average Bonchev–Trinajstić information content (AvgIpc) is 2.67. The summed E-state index contributed by atoms with van der Waals surface area (Å²) in [4.78, 5) is 0.927. The van der Waals surface area contributed by atoms with Crippen molar-refractivity contribution in [3.8, 4) is 0 Å². The lowest BCUT2D eigenvalue weighted by atomic mass is 10.0. The Hall–Kier alpha value is -0.420. The summed E-state index contributed by atoms with van der Waals surface area (Å²) in [7, 11) is 3.14. The molecule has 0 saturated carbocycles. The maximum atomic E-state index is 10.2. The molecule has 0 saturated heterocycles. The minimum Gasteiger partial charge on any atom is -0.384 e. The molecule has 1 heterocycles. The van der Waals surface area contributed by atoms with Crippen molar-refractivity contribution in [3.63, 3.8) is 0 Å². The van der Waals surface area contributed by atoms with Crippen molar-refractivity contribution in [1.29, 1.82) is 0 Å². The van der Waals surface area contributed by atoms with Crippen LogP contribution in [0.25, 0.3) is 0 Å². The van der Waals surface area contributed by atoms with E-state index in [4.69, 9.17) is 9.47 Å². The molecule has 3 nitrogen and oxygen atoms in total. The normalized spacial score (nSPS) is 15.8. The van der Waals surface area contributed by atoms with E-state index in [0.29, 0.717) is 6.42 Å². The molecule has 1 atom stereocenters. The molecule has 80 valence electrons. The van der Waals surface area contributed by atoms with E-state index >= 15 is 0 Å². The molecule has 0 fully saturated rings.